The van der Waals surface area contributed by atoms with Gasteiger partial charge < -0.3 is 5.73 Å². The van der Waals surface area contributed by atoms with Crippen LogP contribution >= 0.6 is 0 Å². The molecule has 0 spiro atoms. The van der Waals surface area contributed by atoms with Crippen LogP contribution in [0.3, 0.4) is 0 Å². The number of hydrogen-bond donors (Lipinski definition) is 1. The van der Waals surface area contributed by atoms with E-state index < -0.39 is 0 Å². The fraction of sp³-hybridized carbons (Fsp3) is 0.667. The number of benzene rings is 1. The molecule has 1 aromatic carbocycles. The van der Waals surface area contributed by atoms with Gasteiger partial charge in [0.1, 0.15) is 0 Å². The second-order valence-corrected chi connectivity index (χ2v) is 6.23. The van der Waals surface area contributed by atoms with Crippen molar-refractivity contribution in [1.29, 1.82) is 0 Å². The lowest BCUT2D eigenvalue weighted by Gasteiger charge is -2.24. The molecule has 2 N–H and O–H groups in total. The lowest BCUT2D eigenvalue weighted by molar-refractivity contribution is 0.320. The summed E-state index contributed by atoms with van der Waals surface area (Å²) in [4.78, 5) is 0. The third-order valence-corrected chi connectivity index (χ3v) is 4.69. The Kier molecular flexibility index (Phi) is 5.75. The first-order valence-corrected chi connectivity index (χ1v) is 8.15. The fourth-order valence-electron chi connectivity index (χ4n) is 3.51. The Bertz CT molecular complexity index is 348. The molecule has 1 aliphatic carbocycles. The van der Waals surface area contributed by atoms with Crippen LogP contribution in [0.15, 0.2) is 24.3 Å². The molecule has 0 radical (unpaired) electrons. The fourth-order valence-corrected chi connectivity index (χ4v) is 3.51. The Morgan fingerprint density at radius 2 is 1.74 bits per heavy atom. The molecule has 106 valence electrons. The molecule has 1 unspecified atom stereocenters. The minimum Gasteiger partial charge on any atom is -0.399 e. The van der Waals surface area contributed by atoms with E-state index in [-0.39, 0.29) is 0 Å². The van der Waals surface area contributed by atoms with Crippen LogP contribution in [-0.4, -0.2) is 0 Å². The zero-order valence-electron chi connectivity index (χ0n) is 12.4. The van der Waals surface area contributed by atoms with Gasteiger partial charge in [-0.15, -0.1) is 0 Å². The van der Waals surface area contributed by atoms with Crippen molar-refractivity contribution in [2.75, 3.05) is 5.73 Å². The highest BCUT2D eigenvalue weighted by Gasteiger charge is 2.17. The van der Waals surface area contributed by atoms with Crippen LogP contribution in [-0.2, 0) is 0 Å². The van der Waals surface area contributed by atoms with Crippen LogP contribution in [0.5, 0.6) is 0 Å². The van der Waals surface area contributed by atoms with Crippen molar-refractivity contribution in [2.45, 2.75) is 70.6 Å². The van der Waals surface area contributed by atoms with Crippen molar-refractivity contribution in [3.63, 3.8) is 0 Å². The van der Waals surface area contributed by atoms with Gasteiger partial charge in [-0.25, -0.2) is 0 Å². The van der Waals surface area contributed by atoms with E-state index in [1.54, 1.807) is 0 Å². The van der Waals surface area contributed by atoms with Gasteiger partial charge in [-0.2, -0.15) is 0 Å². The Labute approximate surface area is 118 Å². The van der Waals surface area contributed by atoms with Crippen molar-refractivity contribution >= 4 is 5.69 Å². The van der Waals surface area contributed by atoms with E-state index >= 15 is 0 Å². The first kappa shape index (κ1) is 14.4. The summed E-state index contributed by atoms with van der Waals surface area (Å²) in [6.45, 7) is 2.30. The number of nitrogen functional groups attached to an aromatic ring is 1. The molecular formula is C18H29N. The number of anilines is 1. The summed E-state index contributed by atoms with van der Waals surface area (Å²) in [5.41, 5.74) is 8.16. The number of hydrogen-bond acceptors (Lipinski definition) is 1. The summed E-state index contributed by atoms with van der Waals surface area (Å²) in [6.07, 6.45) is 12.7. The average Bonchev–Trinajstić information content (AvgIpc) is 2.46. The Hall–Kier alpha value is -0.980. The van der Waals surface area contributed by atoms with E-state index in [4.69, 9.17) is 5.73 Å². The average molecular weight is 259 g/mol. The van der Waals surface area contributed by atoms with Crippen LogP contribution < -0.4 is 5.73 Å². The highest BCUT2D eigenvalue weighted by atomic mass is 14.5. The molecule has 0 bridgehead atoms. The molecule has 1 atom stereocenters. The normalized spacial score (nSPS) is 18.4. The van der Waals surface area contributed by atoms with Gasteiger partial charge in [0.25, 0.3) is 0 Å². The van der Waals surface area contributed by atoms with Gasteiger partial charge in [-0.05, 0) is 48.8 Å². The standard InChI is InChI=1S/C18H29N/c1-2-6-16(17-11-13-18(19)14-12-17)10-9-15-7-4-3-5-8-15/h11-16H,2-10,19H2,1H3. The zero-order chi connectivity index (χ0) is 13.5. The van der Waals surface area contributed by atoms with Crippen molar-refractivity contribution in [3.05, 3.63) is 29.8 Å². The van der Waals surface area contributed by atoms with Crippen molar-refractivity contribution in [3.8, 4) is 0 Å². The van der Waals surface area contributed by atoms with Gasteiger partial charge >= 0.3 is 0 Å². The minimum atomic E-state index is 0.743. The Morgan fingerprint density at radius 1 is 1.05 bits per heavy atom. The second-order valence-electron chi connectivity index (χ2n) is 6.23. The molecule has 2 rings (SSSR count). The summed E-state index contributed by atoms with van der Waals surface area (Å²) in [5.74, 6) is 1.74. The predicted octanol–water partition coefficient (Wildman–Crippen LogP) is 5.51. The lowest BCUT2D eigenvalue weighted by atomic mass is 9.81. The third-order valence-electron chi connectivity index (χ3n) is 4.69. The summed E-state index contributed by atoms with van der Waals surface area (Å²) in [6, 6.07) is 8.57. The zero-order valence-corrected chi connectivity index (χ0v) is 12.4. The first-order valence-electron chi connectivity index (χ1n) is 8.15. The summed E-state index contributed by atoms with van der Waals surface area (Å²) < 4.78 is 0. The highest BCUT2D eigenvalue weighted by molar-refractivity contribution is 5.40. The Balaban J connectivity index is 1.89. The lowest BCUT2D eigenvalue weighted by Crippen LogP contribution is -2.08. The van der Waals surface area contributed by atoms with E-state index in [0.29, 0.717) is 0 Å². The third kappa shape index (κ3) is 4.56. The minimum absolute atomic E-state index is 0.743. The molecule has 0 heterocycles. The van der Waals surface area contributed by atoms with Gasteiger partial charge in [0.05, 0.1) is 0 Å². The van der Waals surface area contributed by atoms with Gasteiger partial charge in [-0.3, -0.25) is 0 Å². The molecular weight excluding hydrogens is 230 g/mol. The largest absolute Gasteiger partial charge is 0.399 e. The summed E-state index contributed by atoms with van der Waals surface area (Å²) in [5, 5.41) is 0. The van der Waals surface area contributed by atoms with Gasteiger partial charge in [-0.1, -0.05) is 57.6 Å². The molecule has 0 aliphatic heterocycles. The monoisotopic (exact) mass is 259 g/mol. The number of rotatable bonds is 6. The molecule has 1 aromatic rings. The topological polar surface area (TPSA) is 26.0 Å². The predicted molar refractivity (Wildman–Crippen MR) is 84.3 cm³/mol. The van der Waals surface area contributed by atoms with E-state index in [1.807, 2.05) is 0 Å². The van der Waals surface area contributed by atoms with Crippen LogP contribution in [0.2, 0.25) is 0 Å². The van der Waals surface area contributed by atoms with E-state index in [0.717, 1.165) is 17.5 Å². The quantitative estimate of drug-likeness (QED) is 0.669. The number of nitrogens with two attached hydrogens (primary N) is 1. The van der Waals surface area contributed by atoms with Crippen molar-refractivity contribution < 1.29 is 0 Å². The molecule has 1 nitrogen and oxygen atoms in total. The summed E-state index contributed by atoms with van der Waals surface area (Å²) >= 11 is 0. The molecule has 0 aromatic heterocycles. The second kappa shape index (κ2) is 7.57. The van der Waals surface area contributed by atoms with Gasteiger partial charge in [0.2, 0.25) is 0 Å². The maximum atomic E-state index is 5.79. The van der Waals surface area contributed by atoms with Gasteiger partial charge in [0, 0.05) is 5.69 Å². The molecule has 1 heteroatoms. The van der Waals surface area contributed by atoms with E-state index in [9.17, 15) is 0 Å². The van der Waals surface area contributed by atoms with Crippen molar-refractivity contribution in [2.24, 2.45) is 5.92 Å². The maximum Gasteiger partial charge on any atom is 0.0314 e. The molecule has 1 fully saturated rings. The van der Waals surface area contributed by atoms with Crippen molar-refractivity contribution in [1.82, 2.24) is 0 Å². The van der Waals surface area contributed by atoms with Crippen LogP contribution in [0.4, 0.5) is 5.69 Å². The maximum absolute atomic E-state index is 5.79. The van der Waals surface area contributed by atoms with E-state index in [1.165, 1.54) is 63.4 Å². The van der Waals surface area contributed by atoms with Gasteiger partial charge in [0.15, 0.2) is 0 Å². The molecule has 0 amide bonds. The summed E-state index contributed by atoms with van der Waals surface area (Å²) in [7, 11) is 0. The van der Waals surface area contributed by atoms with E-state index in [2.05, 4.69) is 31.2 Å². The van der Waals surface area contributed by atoms with Crippen LogP contribution in [0.25, 0.3) is 0 Å². The highest BCUT2D eigenvalue weighted by Crippen LogP contribution is 2.33. The smallest absolute Gasteiger partial charge is 0.0314 e. The Morgan fingerprint density at radius 3 is 2.37 bits per heavy atom. The SMILES string of the molecule is CCCC(CCC1CCCCC1)c1ccc(N)cc1. The van der Waals surface area contributed by atoms with Crippen LogP contribution in [0, 0.1) is 5.92 Å². The first-order chi connectivity index (χ1) is 9.29. The molecule has 19 heavy (non-hydrogen) atoms. The molecule has 1 saturated carbocycles. The molecule has 1 aliphatic rings. The molecule has 0 saturated heterocycles. The van der Waals surface area contributed by atoms with Crippen LogP contribution in [0.1, 0.15) is 76.2 Å².